The molecule has 0 bridgehead atoms. The van der Waals surface area contributed by atoms with E-state index in [9.17, 15) is 19.7 Å². The second kappa shape index (κ2) is 7.08. The number of nitrogens with zero attached hydrogens (tertiary/aromatic N) is 3. The van der Waals surface area contributed by atoms with Crippen LogP contribution in [0.15, 0.2) is 18.2 Å². The molecule has 1 aromatic carbocycles. The molecule has 2 heterocycles. The third-order valence-electron chi connectivity index (χ3n) is 4.87. The highest BCUT2D eigenvalue weighted by atomic mass is 16.6. The second-order valence-electron chi connectivity index (χ2n) is 6.72. The van der Waals surface area contributed by atoms with E-state index >= 15 is 0 Å². The van der Waals surface area contributed by atoms with E-state index < -0.39 is 10.8 Å². The molecular formula is C17H22N4O4. The topological polar surface area (TPSA) is 95.8 Å². The molecule has 1 N–H and O–H groups in total. The van der Waals surface area contributed by atoms with Gasteiger partial charge in [0.15, 0.2) is 0 Å². The van der Waals surface area contributed by atoms with Crippen LogP contribution in [0.1, 0.15) is 43.0 Å². The number of rotatable bonds is 4. The number of benzene rings is 1. The summed E-state index contributed by atoms with van der Waals surface area (Å²) in [5.41, 5.74) is 3.38. The molecule has 2 saturated heterocycles. The number of nitrogens with one attached hydrogen (secondary N) is 1. The van der Waals surface area contributed by atoms with Crippen molar-refractivity contribution in [2.75, 3.05) is 24.5 Å². The molecule has 25 heavy (non-hydrogen) atoms. The number of anilines is 1. The Labute approximate surface area is 145 Å². The zero-order valence-corrected chi connectivity index (χ0v) is 14.2. The maximum absolute atomic E-state index is 12.7. The summed E-state index contributed by atoms with van der Waals surface area (Å²) in [5.74, 6) is 0.0218. The molecule has 2 aliphatic rings. The predicted molar refractivity (Wildman–Crippen MR) is 92.1 cm³/mol. The van der Waals surface area contributed by atoms with Crippen molar-refractivity contribution >= 4 is 23.2 Å². The summed E-state index contributed by atoms with van der Waals surface area (Å²) >= 11 is 0. The number of piperidine rings is 1. The van der Waals surface area contributed by atoms with Gasteiger partial charge in [-0.15, -0.1) is 0 Å². The van der Waals surface area contributed by atoms with Gasteiger partial charge >= 0.3 is 0 Å². The zero-order chi connectivity index (χ0) is 18.0. The van der Waals surface area contributed by atoms with E-state index in [1.54, 1.807) is 6.07 Å². The van der Waals surface area contributed by atoms with E-state index in [1.807, 2.05) is 0 Å². The van der Waals surface area contributed by atoms with Gasteiger partial charge in [0.25, 0.3) is 11.6 Å². The van der Waals surface area contributed by atoms with Crippen LogP contribution in [0.3, 0.4) is 0 Å². The lowest BCUT2D eigenvalue weighted by molar-refractivity contribution is -0.384. The molecule has 1 aromatic rings. The van der Waals surface area contributed by atoms with Crippen molar-refractivity contribution in [2.45, 2.75) is 32.6 Å². The molecule has 2 aliphatic heterocycles. The molecule has 2 amide bonds. The first-order valence-corrected chi connectivity index (χ1v) is 8.60. The smallest absolute Gasteiger partial charge is 0.272 e. The molecule has 8 heteroatoms. The highest BCUT2D eigenvalue weighted by Gasteiger charge is 2.27. The van der Waals surface area contributed by atoms with Crippen LogP contribution in [0.4, 0.5) is 11.4 Å². The fourth-order valence-electron chi connectivity index (χ4n) is 3.29. The lowest BCUT2D eigenvalue weighted by atomic mass is 9.98. The Morgan fingerprint density at radius 2 is 2.00 bits per heavy atom. The van der Waals surface area contributed by atoms with Gasteiger partial charge in [-0.05, 0) is 31.2 Å². The van der Waals surface area contributed by atoms with Crippen molar-refractivity contribution in [3.63, 3.8) is 0 Å². The summed E-state index contributed by atoms with van der Waals surface area (Å²) < 4.78 is 0. The third-order valence-corrected chi connectivity index (χ3v) is 4.87. The van der Waals surface area contributed by atoms with Crippen LogP contribution >= 0.6 is 0 Å². The number of non-ortho nitro benzene ring substituents is 1. The number of nitro benzene ring substituents is 1. The maximum Gasteiger partial charge on any atom is 0.272 e. The van der Waals surface area contributed by atoms with Gasteiger partial charge in [0.2, 0.25) is 5.91 Å². The Morgan fingerprint density at radius 1 is 1.28 bits per heavy atom. The SMILES string of the molecule is CC1CCN(c2ccc([N+](=O)[O-])cc2C(=O)NN2CCCC2=O)CC1. The van der Waals surface area contributed by atoms with Crippen molar-refractivity contribution in [1.29, 1.82) is 0 Å². The van der Waals surface area contributed by atoms with Gasteiger partial charge in [-0.2, -0.15) is 0 Å². The zero-order valence-electron chi connectivity index (χ0n) is 14.2. The standard InChI is InChI=1S/C17H22N4O4/c1-12-6-9-19(10-7-12)15-5-4-13(21(24)25)11-14(15)17(23)18-20-8-2-3-16(20)22/h4-5,11-12H,2-3,6-10H2,1H3,(H,18,23). The highest BCUT2D eigenvalue weighted by molar-refractivity contribution is 6.01. The van der Waals surface area contributed by atoms with Gasteiger partial charge in [0.05, 0.1) is 16.2 Å². The lowest BCUT2D eigenvalue weighted by Crippen LogP contribution is -2.43. The molecule has 0 saturated carbocycles. The molecule has 0 spiro atoms. The van der Waals surface area contributed by atoms with E-state index in [0.717, 1.165) is 25.9 Å². The van der Waals surface area contributed by atoms with Crippen LogP contribution in [0, 0.1) is 16.0 Å². The van der Waals surface area contributed by atoms with Gasteiger partial charge in [-0.3, -0.25) is 30.1 Å². The molecule has 0 aliphatic carbocycles. The van der Waals surface area contributed by atoms with E-state index in [0.29, 0.717) is 31.0 Å². The number of carbonyl (C=O) groups is 2. The number of amides is 2. The van der Waals surface area contributed by atoms with Crippen molar-refractivity contribution < 1.29 is 14.5 Å². The average molecular weight is 346 g/mol. The number of nitro groups is 1. The summed E-state index contributed by atoms with van der Waals surface area (Å²) in [7, 11) is 0. The van der Waals surface area contributed by atoms with Crippen LogP contribution in [-0.4, -0.2) is 41.4 Å². The van der Waals surface area contributed by atoms with Gasteiger partial charge in [-0.25, -0.2) is 0 Å². The summed E-state index contributed by atoms with van der Waals surface area (Å²) in [4.78, 5) is 37.1. The molecule has 2 fully saturated rings. The summed E-state index contributed by atoms with van der Waals surface area (Å²) in [6.45, 7) is 4.28. The molecule has 0 atom stereocenters. The van der Waals surface area contributed by atoms with Crippen molar-refractivity contribution in [2.24, 2.45) is 5.92 Å². The molecule has 0 unspecified atom stereocenters. The minimum Gasteiger partial charge on any atom is -0.371 e. The molecule has 3 rings (SSSR count). The van der Waals surface area contributed by atoms with Gasteiger partial charge in [0.1, 0.15) is 0 Å². The van der Waals surface area contributed by atoms with Gasteiger partial charge in [-0.1, -0.05) is 6.92 Å². The third kappa shape index (κ3) is 3.72. The van der Waals surface area contributed by atoms with Crippen molar-refractivity contribution in [3.05, 3.63) is 33.9 Å². The first-order valence-electron chi connectivity index (χ1n) is 8.60. The van der Waals surface area contributed by atoms with Crippen LogP contribution in [-0.2, 0) is 4.79 Å². The van der Waals surface area contributed by atoms with Crippen LogP contribution in [0.5, 0.6) is 0 Å². The second-order valence-corrected chi connectivity index (χ2v) is 6.72. The fourth-order valence-corrected chi connectivity index (χ4v) is 3.29. The molecule has 0 aromatic heterocycles. The van der Waals surface area contributed by atoms with Gasteiger partial charge < -0.3 is 4.90 Å². The monoisotopic (exact) mass is 346 g/mol. The van der Waals surface area contributed by atoms with E-state index in [2.05, 4.69) is 17.2 Å². The van der Waals surface area contributed by atoms with Crippen LogP contribution in [0.2, 0.25) is 0 Å². The largest absolute Gasteiger partial charge is 0.371 e. The lowest BCUT2D eigenvalue weighted by Gasteiger charge is -2.33. The van der Waals surface area contributed by atoms with Crippen molar-refractivity contribution in [1.82, 2.24) is 10.4 Å². The first-order chi connectivity index (χ1) is 12.0. The fraction of sp³-hybridized carbons (Fsp3) is 0.529. The van der Waals surface area contributed by atoms with Crippen LogP contribution in [0.25, 0.3) is 0 Å². The maximum atomic E-state index is 12.7. The number of carbonyl (C=O) groups excluding carboxylic acids is 2. The quantitative estimate of drug-likeness (QED) is 0.665. The average Bonchev–Trinajstić information content (AvgIpc) is 3.00. The van der Waals surface area contributed by atoms with E-state index in [1.165, 1.54) is 17.1 Å². The van der Waals surface area contributed by atoms with E-state index in [4.69, 9.17) is 0 Å². The number of hydrogen-bond acceptors (Lipinski definition) is 5. The Hall–Kier alpha value is -2.64. The Balaban J connectivity index is 1.88. The van der Waals surface area contributed by atoms with Crippen molar-refractivity contribution in [3.8, 4) is 0 Å². The molecule has 8 nitrogen and oxygen atoms in total. The summed E-state index contributed by atoms with van der Waals surface area (Å²) in [5, 5.41) is 12.4. The molecule has 0 radical (unpaired) electrons. The predicted octanol–water partition coefficient (Wildman–Crippen LogP) is 2.10. The number of hydrazine groups is 1. The van der Waals surface area contributed by atoms with Crippen LogP contribution < -0.4 is 10.3 Å². The molecule has 134 valence electrons. The summed E-state index contributed by atoms with van der Waals surface area (Å²) in [6.07, 6.45) is 3.14. The molecular weight excluding hydrogens is 324 g/mol. The summed E-state index contributed by atoms with van der Waals surface area (Å²) in [6, 6.07) is 4.35. The Morgan fingerprint density at radius 3 is 2.60 bits per heavy atom. The Bertz CT molecular complexity index is 698. The highest BCUT2D eigenvalue weighted by Crippen LogP contribution is 2.29. The number of hydrogen-bond donors (Lipinski definition) is 1. The Kier molecular flexibility index (Phi) is 4.87. The minimum absolute atomic E-state index is 0.132. The first kappa shape index (κ1) is 17.2. The van der Waals surface area contributed by atoms with E-state index in [-0.39, 0.29) is 17.2 Å². The minimum atomic E-state index is -0.514. The normalized spacial score (nSPS) is 18.5. The van der Waals surface area contributed by atoms with Gasteiger partial charge in [0, 0.05) is 38.2 Å².